The van der Waals surface area contributed by atoms with Crippen molar-refractivity contribution in [1.29, 1.82) is 0 Å². The third-order valence-corrected chi connectivity index (χ3v) is 4.12. The first-order valence-corrected chi connectivity index (χ1v) is 8.43. The van der Waals surface area contributed by atoms with E-state index in [2.05, 4.69) is 20.1 Å². The summed E-state index contributed by atoms with van der Waals surface area (Å²) in [5.74, 6) is 1.91. The molecule has 0 spiro atoms. The number of aromatic nitrogens is 3. The summed E-state index contributed by atoms with van der Waals surface area (Å²) in [6.45, 7) is 0. The van der Waals surface area contributed by atoms with Crippen LogP contribution in [-0.2, 0) is 11.3 Å². The fourth-order valence-electron chi connectivity index (χ4n) is 2.81. The Morgan fingerprint density at radius 3 is 2.78 bits per heavy atom. The van der Waals surface area contributed by atoms with Gasteiger partial charge in [-0.2, -0.15) is 0 Å². The number of nitrogens with zero attached hydrogens (tertiary/aromatic N) is 4. The number of hydrogen-bond acceptors (Lipinski definition) is 8. The largest absolute Gasteiger partial charge is 0.437 e. The zero-order valence-corrected chi connectivity index (χ0v) is 14.4. The molecule has 3 aromatic rings. The van der Waals surface area contributed by atoms with Crippen molar-refractivity contribution in [1.82, 2.24) is 15.0 Å². The van der Waals surface area contributed by atoms with Crippen molar-refractivity contribution in [3.63, 3.8) is 0 Å². The second-order valence-electron chi connectivity index (χ2n) is 6.14. The van der Waals surface area contributed by atoms with Crippen molar-refractivity contribution < 1.29 is 9.57 Å². The van der Waals surface area contributed by atoms with E-state index in [9.17, 15) is 0 Å². The molecule has 0 radical (unpaired) electrons. The molecule has 3 aromatic heterocycles. The molecular formula is C19H18N6O2. The van der Waals surface area contributed by atoms with Gasteiger partial charge in [0.15, 0.2) is 6.10 Å². The molecule has 0 aliphatic carbocycles. The van der Waals surface area contributed by atoms with Gasteiger partial charge in [0.05, 0.1) is 11.9 Å². The van der Waals surface area contributed by atoms with Gasteiger partial charge in [-0.05, 0) is 29.8 Å². The summed E-state index contributed by atoms with van der Waals surface area (Å²) >= 11 is 0. The van der Waals surface area contributed by atoms with Crippen LogP contribution >= 0.6 is 0 Å². The lowest BCUT2D eigenvalue weighted by Crippen LogP contribution is -2.07. The molecule has 1 aliphatic heterocycles. The highest BCUT2D eigenvalue weighted by Gasteiger charge is 2.25. The smallest absolute Gasteiger partial charge is 0.219 e. The van der Waals surface area contributed by atoms with Crippen LogP contribution in [0.4, 0.5) is 11.6 Å². The van der Waals surface area contributed by atoms with Crippen molar-refractivity contribution in [3.05, 3.63) is 66.1 Å². The van der Waals surface area contributed by atoms with Gasteiger partial charge < -0.3 is 21.0 Å². The van der Waals surface area contributed by atoms with Crippen molar-refractivity contribution in [2.75, 3.05) is 11.5 Å². The second-order valence-corrected chi connectivity index (χ2v) is 6.14. The van der Waals surface area contributed by atoms with Gasteiger partial charge >= 0.3 is 0 Å². The van der Waals surface area contributed by atoms with Gasteiger partial charge in [0.25, 0.3) is 0 Å². The van der Waals surface area contributed by atoms with Gasteiger partial charge in [0, 0.05) is 36.9 Å². The Hall–Kier alpha value is -3.68. The summed E-state index contributed by atoms with van der Waals surface area (Å²) in [6, 6.07) is 10.9. The minimum atomic E-state index is -0.241. The van der Waals surface area contributed by atoms with Crippen LogP contribution in [0.2, 0.25) is 0 Å². The Labute approximate surface area is 155 Å². The van der Waals surface area contributed by atoms with Gasteiger partial charge in [-0.15, -0.1) is 0 Å². The Bertz CT molecular complexity index is 960. The van der Waals surface area contributed by atoms with E-state index in [-0.39, 0.29) is 6.10 Å². The molecule has 4 N–H and O–H groups in total. The number of rotatable bonds is 5. The molecule has 0 saturated heterocycles. The molecule has 8 heteroatoms. The monoisotopic (exact) mass is 362 g/mol. The first-order valence-electron chi connectivity index (χ1n) is 8.43. The van der Waals surface area contributed by atoms with Crippen LogP contribution in [-0.4, -0.2) is 20.7 Å². The highest BCUT2D eigenvalue weighted by Crippen LogP contribution is 2.31. The highest BCUT2D eigenvalue weighted by molar-refractivity contribution is 5.87. The van der Waals surface area contributed by atoms with Crippen LogP contribution < -0.4 is 16.2 Å². The molecule has 0 amide bonds. The zero-order chi connectivity index (χ0) is 18.6. The van der Waals surface area contributed by atoms with E-state index in [0.29, 0.717) is 36.1 Å². The van der Waals surface area contributed by atoms with Crippen LogP contribution in [0, 0.1) is 0 Å². The fraction of sp³-hybridized carbons (Fsp3) is 0.158. The molecule has 0 aromatic carbocycles. The Balaban J connectivity index is 1.37. The predicted molar refractivity (Wildman–Crippen MR) is 101 cm³/mol. The molecule has 1 atom stereocenters. The lowest BCUT2D eigenvalue weighted by molar-refractivity contribution is 0.0860. The maximum Gasteiger partial charge on any atom is 0.219 e. The molecule has 4 rings (SSSR count). The van der Waals surface area contributed by atoms with E-state index in [1.54, 1.807) is 24.7 Å². The Morgan fingerprint density at radius 1 is 1.11 bits per heavy atom. The van der Waals surface area contributed by atoms with Gasteiger partial charge in [0.2, 0.25) is 5.88 Å². The average Bonchev–Trinajstić information content (AvgIpc) is 3.12. The lowest BCUT2D eigenvalue weighted by atomic mass is 10.0. The maximum atomic E-state index is 5.93. The number of pyridine rings is 3. The number of nitrogen functional groups attached to an aromatic ring is 2. The van der Waals surface area contributed by atoms with Crippen LogP contribution in [0.5, 0.6) is 11.6 Å². The van der Waals surface area contributed by atoms with E-state index >= 15 is 0 Å². The summed E-state index contributed by atoms with van der Waals surface area (Å²) in [7, 11) is 0. The van der Waals surface area contributed by atoms with E-state index in [4.69, 9.17) is 21.0 Å². The maximum absolute atomic E-state index is 5.93. The summed E-state index contributed by atoms with van der Waals surface area (Å²) in [5.41, 5.74) is 14.3. The summed E-state index contributed by atoms with van der Waals surface area (Å²) in [4.78, 5) is 17.9. The minimum absolute atomic E-state index is 0.241. The molecule has 0 saturated carbocycles. The van der Waals surface area contributed by atoms with E-state index in [1.807, 2.05) is 30.3 Å². The molecule has 0 fully saturated rings. The van der Waals surface area contributed by atoms with Crippen molar-refractivity contribution in [2.24, 2.45) is 5.16 Å². The number of hydrogen-bond donors (Lipinski definition) is 2. The van der Waals surface area contributed by atoms with Gasteiger partial charge in [-0.1, -0.05) is 11.2 Å². The summed E-state index contributed by atoms with van der Waals surface area (Å²) in [5, 5.41) is 4.18. The molecule has 4 heterocycles. The SMILES string of the molecule is Nc1ccc(C2CC(Cc3ccc(Oc4cccnc4)nc3)=NO2)c(N)n1. The van der Waals surface area contributed by atoms with E-state index in [1.165, 1.54) is 0 Å². The summed E-state index contributed by atoms with van der Waals surface area (Å²) < 4.78 is 5.64. The van der Waals surface area contributed by atoms with E-state index < -0.39 is 0 Å². The van der Waals surface area contributed by atoms with Gasteiger partial charge in [-0.25, -0.2) is 9.97 Å². The zero-order valence-electron chi connectivity index (χ0n) is 14.4. The van der Waals surface area contributed by atoms with Crippen molar-refractivity contribution >= 4 is 17.3 Å². The molecule has 1 unspecified atom stereocenters. The fourth-order valence-corrected chi connectivity index (χ4v) is 2.81. The number of oxime groups is 1. The average molecular weight is 362 g/mol. The molecule has 8 nitrogen and oxygen atoms in total. The standard InChI is InChI=1S/C19H18N6O2/c20-17-5-4-15(19(21)24-17)16-9-13(25-27-16)8-12-3-6-18(23-10-12)26-14-2-1-7-22-11-14/h1-7,10-11,16H,8-9H2,(H4,20,21,24). The normalized spacial score (nSPS) is 15.9. The van der Waals surface area contributed by atoms with Crippen LogP contribution in [0.15, 0.2) is 60.1 Å². The van der Waals surface area contributed by atoms with Crippen molar-refractivity contribution in [2.45, 2.75) is 18.9 Å². The molecule has 27 heavy (non-hydrogen) atoms. The molecule has 136 valence electrons. The topological polar surface area (TPSA) is 122 Å². The highest BCUT2D eigenvalue weighted by atomic mass is 16.6. The summed E-state index contributed by atoms with van der Waals surface area (Å²) in [6.07, 6.45) is 6.13. The third kappa shape index (κ3) is 3.95. The molecule has 1 aliphatic rings. The number of anilines is 2. The molecular weight excluding hydrogens is 344 g/mol. The van der Waals surface area contributed by atoms with Crippen molar-refractivity contribution in [3.8, 4) is 11.6 Å². The second kappa shape index (κ2) is 7.28. The number of nitrogens with two attached hydrogens (primary N) is 2. The molecule has 0 bridgehead atoms. The first-order chi connectivity index (χ1) is 13.2. The number of ether oxygens (including phenoxy) is 1. The first kappa shape index (κ1) is 16.8. The van der Waals surface area contributed by atoms with Crippen LogP contribution in [0.25, 0.3) is 0 Å². The lowest BCUT2D eigenvalue weighted by Gasteiger charge is -2.10. The minimum Gasteiger partial charge on any atom is -0.437 e. The van der Waals surface area contributed by atoms with Crippen LogP contribution in [0.3, 0.4) is 0 Å². The van der Waals surface area contributed by atoms with Gasteiger partial charge in [-0.3, -0.25) is 4.98 Å². The quantitative estimate of drug-likeness (QED) is 0.715. The Kier molecular flexibility index (Phi) is 4.52. The third-order valence-electron chi connectivity index (χ3n) is 4.12. The van der Waals surface area contributed by atoms with Gasteiger partial charge in [0.1, 0.15) is 17.4 Å². The predicted octanol–water partition coefficient (Wildman–Crippen LogP) is 2.89. The van der Waals surface area contributed by atoms with E-state index in [0.717, 1.165) is 16.8 Å². The van der Waals surface area contributed by atoms with Crippen LogP contribution in [0.1, 0.15) is 23.7 Å². The Morgan fingerprint density at radius 2 is 2.04 bits per heavy atom.